The molecule has 0 bridgehead atoms. The number of hydrogen-bond donors (Lipinski definition) is 3. The summed E-state index contributed by atoms with van der Waals surface area (Å²) in [7, 11) is 0. The second-order valence-corrected chi connectivity index (χ2v) is 12.0. The number of carbonyl (C=O) groups excluding carboxylic acids is 2. The van der Waals surface area contributed by atoms with Crippen molar-refractivity contribution >= 4 is 23.0 Å². The molecule has 3 aromatic rings. The number of benzene rings is 2. The zero-order valence-corrected chi connectivity index (χ0v) is 23.3. The molecular weight excluding hydrogens is 506 g/mol. The standard InChI is InChI=1S/C30H36F2N2O3S/c1-18(35)28-8-9-29(38-28)25-7-6-20(15-30(3,4)5)10-22(25)16-33-17-27(37)26(34-19(2)36)13-21-11-23(31)14-24(32)12-21/h6-12,14,26-27,33,37H,13,15-17H2,1-5H3,(H,34,36). The topological polar surface area (TPSA) is 78.4 Å². The molecule has 0 saturated carbocycles. The molecule has 0 spiro atoms. The zero-order chi connectivity index (χ0) is 28.0. The molecular formula is C30H36F2N2O3S. The van der Waals surface area contributed by atoms with E-state index in [0.29, 0.717) is 17.0 Å². The number of nitrogens with one attached hydrogen (secondary N) is 2. The largest absolute Gasteiger partial charge is 0.390 e. The van der Waals surface area contributed by atoms with E-state index in [-0.39, 0.29) is 30.1 Å². The molecule has 1 amide bonds. The molecule has 38 heavy (non-hydrogen) atoms. The lowest BCUT2D eigenvalue weighted by molar-refractivity contribution is -0.120. The van der Waals surface area contributed by atoms with E-state index in [1.807, 2.05) is 12.1 Å². The minimum absolute atomic E-state index is 0.0237. The second kappa shape index (κ2) is 12.7. The molecule has 0 aliphatic heterocycles. The van der Waals surface area contributed by atoms with Crippen molar-refractivity contribution in [2.45, 2.75) is 66.2 Å². The molecule has 204 valence electrons. The number of aliphatic hydroxyl groups excluding tert-OH is 1. The van der Waals surface area contributed by atoms with Crippen molar-refractivity contribution in [3.8, 4) is 10.4 Å². The fraction of sp³-hybridized carbons (Fsp3) is 0.400. The third-order valence-corrected chi connectivity index (χ3v) is 7.24. The third-order valence-electron chi connectivity index (χ3n) is 6.02. The minimum atomic E-state index is -1.00. The van der Waals surface area contributed by atoms with Gasteiger partial charge in [0, 0.05) is 31.0 Å². The Morgan fingerprint density at radius 2 is 1.66 bits per heavy atom. The Bertz CT molecular complexity index is 1260. The number of thiophene rings is 1. The van der Waals surface area contributed by atoms with E-state index in [1.54, 1.807) is 6.92 Å². The van der Waals surface area contributed by atoms with Crippen LogP contribution in [0.4, 0.5) is 8.78 Å². The summed E-state index contributed by atoms with van der Waals surface area (Å²) in [6, 6.07) is 12.6. The lowest BCUT2D eigenvalue weighted by Gasteiger charge is -2.25. The summed E-state index contributed by atoms with van der Waals surface area (Å²) >= 11 is 1.45. The van der Waals surface area contributed by atoms with Crippen molar-refractivity contribution in [2.24, 2.45) is 5.41 Å². The summed E-state index contributed by atoms with van der Waals surface area (Å²) in [5.41, 5.74) is 3.67. The molecule has 0 aliphatic carbocycles. The maximum Gasteiger partial charge on any atom is 0.217 e. The van der Waals surface area contributed by atoms with Gasteiger partial charge in [-0.1, -0.05) is 39.0 Å². The third kappa shape index (κ3) is 8.82. The van der Waals surface area contributed by atoms with E-state index >= 15 is 0 Å². The summed E-state index contributed by atoms with van der Waals surface area (Å²) in [6.07, 6.45) is -0.0368. The Morgan fingerprint density at radius 1 is 0.974 bits per heavy atom. The van der Waals surface area contributed by atoms with E-state index in [1.165, 1.54) is 36.0 Å². The van der Waals surface area contributed by atoms with Crippen LogP contribution in [0.2, 0.25) is 0 Å². The molecule has 0 fully saturated rings. The maximum atomic E-state index is 13.7. The van der Waals surface area contributed by atoms with Crippen LogP contribution in [0.5, 0.6) is 0 Å². The molecule has 2 unspecified atom stereocenters. The zero-order valence-electron chi connectivity index (χ0n) is 22.5. The van der Waals surface area contributed by atoms with Crippen molar-refractivity contribution in [1.82, 2.24) is 10.6 Å². The van der Waals surface area contributed by atoms with Gasteiger partial charge >= 0.3 is 0 Å². The SMILES string of the molecule is CC(=O)NC(Cc1cc(F)cc(F)c1)C(O)CNCc1cc(CC(C)(C)C)ccc1-c1ccc(C(C)=O)s1. The summed E-state index contributed by atoms with van der Waals surface area (Å²) in [5, 5.41) is 16.9. The maximum absolute atomic E-state index is 13.7. The number of rotatable bonds is 11. The minimum Gasteiger partial charge on any atom is -0.390 e. The Balaban J connectivity index is 1.78. The van der Waals surface area contributed by atoms with Gasteiger partial charge in [-0.3, -0.25) is 9.59 Å². The van der Waals surface area contributed by atoms with Crippen LogP contribution in [-0.4, -0.2) is 35.5 Å². The first-order valence-electron chi connectivity index (χ1n) is 12.6. The van der Waals surface area contributed by atoms with Crippen LogP contribution in [0, 0.1) is 17.0 Å². The molecule has 5 nitrogen and oxygen atoms in total. The molecule has 3 rings (SSSR count). The van der Waals surface area contributed by atoms with Crippen molar-refractivity contribution in [3.63, 3.8) is 0 Å². The first-order chi connectivity index (χ1) is 17.8. The Morgan fingerprint density at radius 3 is 2.24 bits per heavy atom. The number of amides is 1. The van der Waals surface area contributed by atoms with Gasteiger partial charge < -0.3 is 15.7 Å². The fourth-order valence-corrected chi connectivity index (χ4v) is 5.41. The van der Waals surface area contributed by atoms with E-state index in [9.17, 15) is 23.5 Å². The van der Waals surface area contributed by atoms with Crippen LogP contribution in [0.3, 0.4) is 0 Å². The predicted molar refractivity (Wildman–Crippen MR) is 148 cm³/mol. The van der Waals surface area contributed by atoms with Crippen molar-refractivity contribution in [2.75, 3.05) is 6.54 Å². The van der Waals surface area contributed by atoms with Gasteiger partial charge in [0.15, 0.2) is 5.78 Å². The second-order valence-electron chi connectivity index (χ2n) is 10.9. The Hall–Kier alpha value is -2.94. The van der Waals surface area contributed by atoms with Gasteiger partial charge in [0.05, 0.1) is 17.0 Å². The lowest BCUT2D eigenvalue weighted by Crippen LogP contribution is -2.48. The molecule has 0 saturated heterocycles. The van der Waals surface area contributed by atoms with Gasteiger partial charge in [-0.25, -0.2) is 8.78 Å². The quantitative estimate of drug-likeness (QED) is 0.272. The van der Waals surface area contributed by atoms with Crippen LogP contribution in [-0.2, 0) is 24.2 Å². The number of halogens is 2. The first-order valence-corrected chi connectivity index (χ1v) is 13.5. The highest BCUT2D eigenvalue weighted by Gasteiger charge is 2.22. The highest BCUT2D eigenvalue weighted by molar-refractivity contribution is 7.17. The number of hydrogen-bond acceptors (Lipinski definition) is 5. The number of Topliss-reactive ketones (excluding diaryl/α,β-unsaturated/α-hetero) is 1. The molecule has 2 atom stereocenters. The molecule has 3 N–H and O–H groups in total. The number of carbonyl (C=O) groups is 2. The van der Waals surface area contributed by atoms with Crippen molar-refractivity contribution in [3.05, 3.63) is 81.7 Å². The van der Waals surface area contributed by atoms with E-state index in [2.05, 4.69) is 49.6 Å². The van der Waals surface area contributed by atoms with Crippen molar-refractivity contribution < 1.29 is 23.5 Å². The average Bonchev–Trinajstić information content (AvgIpc) is 3.27. The van der Waals surface area contributed by atoms with Gasteiger partial charge in [0.1, 0.15) is 11.6 Å². The molecule has 0 aliphatic rings. The van der Waals surface area contributed by atoms with Gasteiger partial charge in [0.2, 0.25) is 5.91 Å². The summed E-state index contributed by atoms with van der Waals surface area (Å²) in [6.45, 7) is 10.0. The number of ketones is 1. The summed E-state index contributed by atoms with van der Waals surface area (Å²) in [5.74, 6) is -1.74. The molecule has 1 aromatic heterocycles. The first kappa shape index (κ1) is 29.6. The van der Waals surface area contributed by atoms with Crippen LogP contribution in [0.1, 0.15) is 61.0 Å². The van der Waals surface area contributed by atoms with Gasteiger partial charge in [0.25, 0.3) is 0 Å². The fourth-order valence-electron chi connectivity index (χ4n) is 4.45. The predicted octanol–water partition coefficient (Wildman–Crippen LogP) is 5.68. The van der Waals surface area contributed by atoms with Crippen LogP contribution >= 0.6 is 11.3 Å². The van der Waals surface area contributed by atoms with Crippen molar-refractivity contribution in [1.29, 1.82) is 0 Å². The Labute approximate surface area is 227 Å². The highest BCUT2D eigenvalue weighted by Crippen LogP contribution is 2.33. The van der Waals surface area contributed by atoms with E-state index in [0.717, 1.165) is 28.5 Å². The van der Waals surface area contributed by atoms with Crippen LogP contribution in [0.25, 0.3) is 10.4 Å². The van der Waals surface area contributed by atoms with Crippen LogP contribution in [0.15, 0.2) is 48.5 Å². The monoisotopic (exact) mass is 542 g/mol. The normalized spacial score (nSPS) is 13.3. The molecule has 2 aromatic carbocycles. The molecule has 0 radical (unpaired) electrons. The van der Waals surface area contributed by atoms with E-state index < -0.39 is 23.8 Å². The number of aliphatic hydroxyl groups is 1. The van der Waals surface area contributed by atoms with Crippen LogP contribution < -0.4 is 10.6 Å². The van der Waals surface area contributed by atoms with Gasteiger partial charge in [-0.15, -0.1) is 11.3 Å². The summed E-state index contributed by atoms with van der Waals surface area (Å²) < 4.78 is 27.3. The Kier molecular flexibility index (Phi) is 9.93. The highest BCUT2D eigenvalue weighted by atomic mass is 32.1. The smallest absolute Gasteiger partial charge is 0.217 e. The molecule has 8 heteroatoms. The van der Waals surface area contributed by atoms with E-state index in [4.69, 9.17) is 0 Å². The van der Waals surface area contributed by atoms with Gasteiger partial charge in [-0.2, -0.15) is 0 Å². The molecule has 1 heterocycles. The summed E-state index contributed by atoms with van der Waals surface area (Å²) in [4.78, 5) is 25.3. The average molecular weight is 543 g/mol. The van der Waals surface area contributed by atoms with Gasteiger partial charge in [-0.05, 0) is 71.7 Å². The lowest BCUT2D eigenvalue weighted by atomic mass is 9.87.